The molecule has 0 radical (unpaired) electrons. The number of carbonyl (C=O) groups is 1. The van der Waals surface area contributed by atoms with Crippen molar-refractivity contribution in [2.24, 2.45) is 0 Å². The van der Waals surface area contributed by atoms with Crippen LogP contribution in [0.2, 0.25) is 5.02 Å². The van der Waals surface area contributed by atoms with Crippen LogP contribution in [0.5, 0.6) is 5.75 Å². The maximum atomic E-state index is 12.6. The summed E-state index contributed by atoms with van der Waals surface area (Å²) >= 11 is 5.98. The first-order valence-corrected chi connectivity index (χ1v) is 6.89. The number of rotatable bonds is 4. The Morgan fingerprint density at radius 3 is 2.26 bits per heavy atom. The van der Waals surface area contributed by atoms with Crippen LogP contribution in [0.25, 0.3) is 0 Å². The van der Waals surface area contributed by atoms with Crippen LogP contribution >= 0.6 is 11.6 Å². The molecule has 0 heterocycles. The minimum Gasteiger partial charge on any atom is -0.478 e. The first-order chi connectivity index (χ1) is 10.7. The van der Waals surface area contributed by atoms with Crippen molar-refractivity contribution < 1.29 is 27.8 Å². The molecule has 0 fully saturated rings. The van der Waals surface area contributed by atoms with E-state index in [4.69, 9.17) is 16.3 Å². The van der Waals surface area contributed by atoms with Crippen LogP contribution in [0.4, 0.5) is 13.2 Å². The molecule has 0 aliphatic rings. The van der Waals surface area contributed by atoms with E-state index in [0.717, 1.165) is 29.8 Å². The Labute approximate surface area is 135 Å². The molecule has 7 heteroatoms. The van der Waals surface area contributed by atoms with Crippen molar-refractivity contribution in [3.63, 3.8) is 0 Å². The summed E-state index contributed by atoms with van der Waals surface area (Å²) in [5.74, 6) is -1.19. The number of aliphatic carboxylic acids is 1. The van der Waals surface area contributed by atoms with Gasteiger partial charge in [0.05, 0.1) is 10.6 Å². The normalized spacial score (nSPS) is 12.7. The van der Waals surface area contributed by atoms with Crippen molar-refractivity contribution in [3.8, 4) is 5.75 Å². The molecular formula is C16H12ClF3O3. The van der Waals surface area contributed by atoms with E-state index in [-0.39, 0.29) is 16.3 Å². The van der Waals surface area contributed by atoms with Gasteiger partial charge in [0.1, 0.15) is 5.75 Å². The zero-order valence-corrected chi connectivity index (χ0v) is 12.7. The summed E-state index contributed by atoms with van der Waals surface area (Å²) in [6.45, 7) is 1.81. The highest BCUT2D eigenvalue weighted by atomic mass is 35.5. The van der Waals surface area contributed by atoms with Crippen molar-refractivity contribution >= 4 is 17.6 Å². The lowest BCUT2D eigenvalue weighted by atomic mass is 10.1. The third-order valence-corrected chi connectivity index (χ3v) is 3.39. The fourth-order valence-electron chi connectivity index (χ4n) is 1.94. The highest BCUT2D eigenvalue weighted by Gasteiger charge is 2.31. The van der Waals surface area contributed by atoms with E-state index >= 15 is 0 Å². The van der Waals surface area contributed by atoms with Crippen LogP contribution in [0.3, 0.4) is 0 Å². The molecular weight excluding hydrogens is 333 g/mol. The SMILES string of the molecule is Cc1ccc(OC(C(=O)O)c2ccc(C(F)(F)F)cc2)c(Cl)c1. The van der Waals surface area contributed by atoms with E-state index in [2.05, 4.69) is 0 Å². The van der Waals surface area contributed by atoms with Gasteiger partial charge in [0.15, 0.2) is 0 Å². The number of carboxylic acids is 1. The molecule has 1 N–H and O–H groups in total. The van der Waals surface area contributed by atoms with Crippen molar-refractivity contribution in [3.05, 3.63) is 64.2 Å². The summed E-state index contributed by atoms with van der Waals surface area (Å²) < 4.78 is 43.0. The summed E-state index contributed by atoms with van der Waals surface area (Å²) in [6, 6.07) is 8.57. The second-order valence-electron chi connectivity index (χ2n) is 4.89. The van der Waals surface area contributed by atoms with Gasteiger partial charge in [-0.05, 0) is 36.8 Å². The van der Waals surface area contributed by atoms with E-state index in [0.29, 0.717) is 0 Å². The Morgan fingerprint density at radius 1 is 1.17 bits per heavy atom. The third-order valence-electron chi connectivity index (χ3n) is 3.10. The van der Waals surface area contributed by atoms with Crippen molar-refractivity contribution in [1.82, 2.24) is 0 Å². The number of aryl methyl sites for hydroxylation is 1. The van der Waals surface area contributed by atoms with E-state index in [9.17, 15) is 23.1 Å². The summed E-state index contributed by atoms with van der Waals surface area (Å²) in [6.07, 6.45) is -5.95. The molecule has 0 saturated heterocycles. The Balaban J connectivity index is 2.30. The second-order valence-corrected chi connectivity index (χ2v) is 5.30. The summed E-state index contributed by atoms with van der Waals surface area (Å²) in [7, 11) is 0. The number of ether oxygens (including phenoxy) is 1. The maximum Gasteiger partial charge on any atom is 0.416 e. The van der Waals surface area contributed by atoms with E-state index < -0.39 is 23.8 Å². The summed E-state index contributed by atoms with van der Waals surface area (Å²) in [5.41, 5.74) is 0.0876. The molecule has 2 aromatic carbocycles. The monoisotopic (exact) mass is 344 g/mol. The van der Waals surface area contributed by atoms with Crippen LogP contribution in [0.15, 0.2) is 42.5 Å². The van der Waals surface area contributed by atoms with Crippen LogP contribution in [0, 0.1) is 6.92 Å². The van der Waals surface area contributed by atoms with Gasteiger partial charge in [-0.25, -0.2) is 4.79 Å². The minimum atomic E-state index is -4.49. The molecule has 0 aromatic heterocycles. The molecule has 1 unspecified atom stereocenters. The largest absolute Gasteiger partial charge is 0.478 e. The minimum absolute atomic E-state index is 0.0853. The lowest BCUT2D eigenvalue weighted by Crippen LogP contribution is -2.18. The molecule has 122 valence electrons. The molecule has 0 amide bonds. The van der Waals surface area contributed by atoms with Crippen LogP contribution in [-0.4, -0.2) is 11.1 Å². The van der Waals surface area contributed by atoms with E-state index in [1.165, 1.54) is 6.07 Å². The van der Waals surface area contributed by atoms with Crippen molar-refractivity contribution in [1.29, 1.82) is 0 Å². The molecule has 2 rings (SSSR count). The van der Waals surface area contributed by atoms with Gasteiger partial charge < -0.3 is 9.84 Å². The molecule has 0 saturated carbocycles. The smallest absolute Gasteiger partial charge is 0.416 e. The van der Waals surface area contributed by atoms with Crippen LogP contribution in [-0.2, 0) is 11.0 Å². The predicted octanol–water partition coefficient (Wildman–Crippen LogP) is 4.87. The zero-order chi connectivity index (χ0) is 17.2. The molecule has 0 bridgehead atoms. The lowest BCUT2D eigenvalue weighted by Gasteiger charge is -2.17. The average molecular weight is 345 g/mol. The van der Waals surface area contributed by atoms with Gasteiger partial charge >= 0.3 is 12.1 Å². The molecule has 0 aliphatic carbocycles. The standard InChI is InChI=1S/C16H12ClF3O3/c1-9-2-7-13(12(17)8-9)23-14(15(21)22)10-3-5-11(6-4-10)16(18,19)20/h2-8,14H,1H3,(H,21,22). The van der Waals surface area contributed by atoms with Gasteiger partial charge in [-0.2, -0.15) is 13.2 Å². The Hall–Kier alpha value is -2.21. The third kappa shape index (κ3) is 4.16. The number of hydrogen-bond donors (Lipinski definition) is 1. The quantitative estimate of drug-likeness (QED) is 0.860. The second kappa shape index (κ2) is 6.50. The topological polar surface area (TPSA) is 46.5 Å². The number of halogens is 4. The first kappa shape index (κ1) is 17.1. The van der Waals surface area contributed by atoms with Crippen LogP contribution < -0.4 is 4.74 Å². The Morgan fingerprint density at radius 2 is 1.78 bits per heavy atom. The number of alkyl halides is 3. The molecule has 2 aromatic rings. The molecule has 1 atom stereocenters. The fraction of sp³-hybridized carbons (Fsp3) is 0.188. The van der Waals surface area contributed by atoms with Crippen LogP contribution in [0.1, 0.15) is 22.8 Å². The number of carboxylic acid groups (broad SMARTS) is 1. The number of benzene rings is 2. The molecule has 23 heavy (non-hydrogen) atoms. The van der Waals surface area contributed by atoms with Gasteiger partial charge in [-0.1, -0.05) is 29.8 Å². The van der Waals surface area contributed by atoms with Gasteiger partial charge in [0.2, 0.25) is 6.10 Å². The highest BCUT2D eigenvalue weighted by molar-refractivity contribution is 6.32. The van der Waals surface area contributed by atoms with Gasteiger partial charge in [-0.15, -0.1) is 0 Å². The molecule has 0 aliphatic heterocycles. The first-order valence-electron chi connectivity index (χ1n) is 6.51. The predicted molar refractivity (Wildman–Crippen MR) is 78.6 cm³/mol. The molecule has 3 nitrogen and oxygen atoms in total. The molecule has 0 spiro atoms. The van der Waals surface area contributed by atoms with Crippen molar-refractivity contribution in [2.75, 3.05) is 0 Å². The summed E-state index contributed by atoms with van der Waals surface area (Å²) in [5, 5.41) is 9.50. The number of hydrogen-bond acceptors (Lipinski definition) is 2. The van der Waals surface area contributed by atoms with Gasteiger partial charge in [0, 0.05) is 5.56 Å². The van der Waals surface area contributed by atoms with Gasteiger partial charge in [-0.3, -0.25) is 0 Å². The van der Waals surface area contributed by atoms with Gasteiger partial charge in [0.25, 0.3) is 0 Å². The average Bonchev–Trinajstić information content (AvgIpc) is 2.45. The Kier molecular flexibility index (Phi) is 4.85. The Bertz CT molecular complexity index is 712. The van der Waals surface area contributed by atoms with Crippen molar-refractivity contribution in [2.45, 2.75) is 19.2 Å². The zero-order valence-electron chi connectivity index (χ0n) is 11.9. The fourth-order valence-corrected chi connectivity index (χ4v) is 2.22. The summed E-state index contributed by atoms with van der Waals surface area (Å²) in [4.78, 5) is 11.4. The lowest BCUT2D eigenvalue weighted by molar-refractivity contribution is -0.145. The highest BCUT2D eigenvalue weighted by Crippen LogP contribution is 2.32. The van der Waals surface area contributed by atoms with E-state index in [1.807, 2.05) is 0 Å². The maximum absolute atomic E-state index is 12.6. The van der Waals surface area contributed by atoms with E-state index in [1.54, 1.807) is 19.1 Å².